The van der Waals surface area contributed by atoms with Crippen LogP contribution in [-0.2, 0) is 0 Å². The number of anilines is 1. The molecule has 0 aromatic carbocycles. The van der Waals surface area contributed by atoms with Crippen molar-refractivity contribution >= 4 is 11.4 Å². The number of nitrogens with zero attached hydrogens (tertiary/aromatic N) is 2. The van der Waals surface area contributed by atoms with Crippen LogP contribution >= 0.6 is 0 Å². The molecule has 0 radical (unpaired) electrons. The summed E-state index contributed by atoms with van der Waals surface area (Å²) in [6, 6.07) is 3.88. The molecular formula is C10H15N3. The zero-order valence-corrected chi connectivity index (χ0v) is 8.12. The number of nitrogens with two attached hydrogens (primary N) is 1. The third-order valence-electron chi connectivity index (χ3n) is 1.84. The molecule has 70 valence electrons. The average molecular weight is 177 g/mol. The molecule has 13 heavy (non-hydrogen) atoms. The number of hydrogen-bond donors (Lipinski definition) is 1. The van der Waals surface area contributed by atoms with Crippen LogP contribution in [0.2, 0.25) is 0 Å². The molecule has 1 rings (SSSR count). The van der Waals surface area contributed by atoms with Gasteiger partial charge in [0.25, 0.3) is 0 Å². The zero-order valence-electron chi connectivity index (χ0n) is 8.12. The van der Waals surface area contributed by atoms with E-state index in [-0.39, 0.29) is 0 Å². The van der Waals surface area contributed by atoms with E-state index in [4.69, 9.17) is 5.73 Å². The second kappa shape index (κ2) is 4.05. The van der Waals surface area contributed by atoms with Crippen LogP contribution in [0.3, 0.4) is 0 Å². The summed E-state index contributed by atoms with van der Waals surface area (Å²) >= 11 is 0. The Labute approximate surface area is 78.9 Å². The van der Waals surface area contributed by atoms with Crippen LogP contribution in [0.25, 0.3) is 5.57 Å². The van der Waals surface area contributed by atoms with Crippen LogP contribution < -0.4 is 10.6 Å². The summed E-state index contributed by atoms with van der Waals surface area (Å²) in [5, 5.41) is 0. The average Bonchev–Trinajstić information content (AvgIpc) is 2.16. The lowest BCUT2D eigenvalue weighted by Gasteiger charge is -2.16. The van der Waals surface area contributed by atoms with Gasteiger partial charge >= 0.3 is 0 Å². The van der Waals surface area contributed by atoms with E-state index in [1.54, 1.807) is 6.20 Å². The molecule has 0 unspecified atom stereocenters. The van der Waals surface area contributed by atoms with Crippen molar-refractivity contribution in [3.8, 4) is 0 Å². The van der Waals surface area contributed by atoms with Crippen molar-refractivity contribution in [2.24, 2.45) is 5.73 Å². The Kier molecular flexibility index (Phi) is 3.03. The molecule has 0 atom stereocenters. The SMILES string of the molecule is C=C(CN)c1cccnc1N(C)C. The zero-order chi connectivity index (χ0) is 9.84. The van der Waals surface area contributed by atoms with Gasteiger partial charge in [0, 0.05) is 32.4 Å². The van der Waals surface area contributed by atoms with Crippen LogP contribution in [0.5, 0.6) is 0 Å². The fourth-order valence-corrected chi connectivity index (χ4v) is 1.14. The Hall–Kier alpha value is -1.35. The van der Waals surface area contributed by atoms with Gasteiger partial charge in [0.1, 0.15) is 5.82 Å². The number of aromatic nitrogens is 1. The summed E-state index contributed by atoms with van der Waals surface area (Å²) in [6.45, 7) is 4.36. The summed E-state index contributed by atoms with van der Waals surface area (Å²) in [6.07, 6.45) is 1.77. The van der Waals surface area contributed by atoms with Gasteiger partial charge < -0.3 is 10.6 Å². The second-order valence-electron chi connectivity index (χ2n) is 3.08. The largest absolute Gasteiger partial charge is 0.362 e. The maximum atomic E-state index is 5.53. The first kappa shape index (κ1) is 9.74. The van der Waals surface area contributed by atoms with Gasteiger partial charge in [0.15, 0.2) is 0 Å². The van der Waals surface area contributed by atoms with Gasteiger partial charge in [-0.1, -0.05) is 6.58 Å². The van der Waals surface area contributed by atoms with Crippen molar-refractivity contribution in [3.05, 3.63) is 30.5 Å². The monoisotopic (exact) mass is 177 g/mol. The lowest BCUT2D eigenvalue weighted by Crippen LogP contribution is -2.14. The third kappa shape index (κ3) is 2.06. The summed E-state index contributed by atoms with van der Waals surface area (Å²) in [4.78, 5) is 6.21. The third-order valence-corrected chi connectivity index (χ3v) is 1.84. The highest BCUT2D eigenvalue weighted by atomic mass is 15.1. The lowest BCUT2D eigenvalue weighted by atomic mass is 10.1. The molecule has 3 heteroatoms. The van der Waals surface area contributed by atoms with E-state index in [2.05, 4.69) is 11.6 Å². The van der Waals surface area contributed by atoms with Crippen molar-refractivity contribution in [2.45, 2.75) is 0 Å². The Morgan fingerprint density at radius 1 is 1.62 bits per heavy atom. The predicted octanol–water partition coefficient (Wildman–Crippen LogP) is 1.12. The topological polar surface area (TPSA) is 42.1 Å². The second-order valence-corrected chi connectivity index (χ2v) is 3.08. The lowest BCUT2D eigenvalue weighted by molar-refractivity contribution is 1.06. The molecule has 0 spiro atoms. The first-order valence-electron chi connectivity index (χ1n) is 4.17. The highest BCUT2D eigenvalue weighted by Gasteiger charge is 2.06. The maximum Gasteiger partial charge on any atom is 0.135 e. The molecule has 0 amide bonds. The van der Waals surface area contributed by atoms with Gasteiger partial charge in [-0.3, -0.25) is 0 Å². The van der Waals surface area contributed by atoms with Gasteiger partial charge in [-0.25, -0.2) is 4.98 Å². The van der Waals surface area contributed by atoms with E-state index in [9.17, 15) is 0 Å². The van der Waals surface area contributed by atoms with E-state index >= 15 is 0 Å². The van der Waals surface area contributed by atoms with E-state index < -0.39 is 0 Å². The molecule has 3 nitrogen and oxygen atoms in total. The van der Waals surface area contributed by atoms with E-state index in [1.165, 1.54) is 0 Å². The molecule has 0 aliphatic heterocycles. The summed E-state index contributed by atoms with van der Waals surface area (Å²) < 4.78 is 0. The van der Waals surface area contributed by atoms with Crippen molar-refractivity contribution in [1.82, 2.24) is 4.98 Å². The Bertz CT molecular complexity index is 305. The fourth-order valence-electron chi connectivity index (χ4n) is 1.14. The molecule has 0 bridgehead atoms. The summed E-state index contributed by atoms with van der Waals surface area (Å²) in [7, 11) is 3.91. The van der Waals surface area contributed by atoms with Crippen molar-refractivity contribution in [2.75, 3.05) is 25.5 Å². The van der Waals surface area contributed by atoms with E-state index in [0.29, 0.717) is 6.54 Å². The highest BCUT2D eigenvalue weighted by Crippen LogP contribution is 2.20. The first-order valence-corrected chi connectivity index (χ1v) is 4.17. The van der Waals surface area contributed by atoms with Gasteiger partial charge in [-0.05, 0) is 17.7 Å². The van der Waals surface area contributed by atoms with Crippen LogP contribution in [0.15, 0.2) is 24.9 Å². The van der Waals surface area contributed by atoms with Gasteiger partial charge in [0.05, 0.1) is 0 Å². The Morgan fingerprint density at radius 3 is 2.85 bits per heavy atom. The molecule has 1 heterocycles. The van der Waals surface area contributed by atoms with Crippen LogP contribution in [0.4, 0.5) is 5.82 Å². The first-order chi connectivity index (χ1) is 6.16. The quantitative estimate of drug-likeness (QED) is 0.752. The van der Waals surface area contributed by atoms with Crippen molar-refractivity contribution in [1.29, 1.82) is 0 Å². The van der Waals surface area contributed by atoms with Crippen LogP contribution in [-0.4, -0.2) is 25.6 Å². The minimum absolute atomic E-state index is 0.465. The van der Waals surface area contributed by atoms with Crippen molar-refractivity contribution in [3.63, 3.8) is 0 Å². The molecule has 1 aromatic heterocycles. The smallest absolute Gasteiger partial charge is 0.135 e. The Balaban J connectivity index is 3.12. The fraction of sp³-hybridized carbons (Fsp3) is 0.300. The molecule has 2 N–H and O–H groups in total. The molecule has 0 aliphatic rings. The molecule has 1 aromatic rings. The van der Waals surface area contributed by atoms with E-state index in [1.807, 2.05) is 31.1 Å². The molecule has 0 saturated heterocycles. The van der Waals surface area contributed by atoms with Gasteiger partial charge in [0.2, 0.25) is 0 Å². The van der Waals surface area contributed by atoms with Crippen molar-refractivity contribution < 1.29 is 0 Å². The van der Waals surface area contributed by atoms with Gasteiger partial charge in [-0.15, -0.1) is 0 Å². The van der Waals surface area contributed by atoms with Crippen LogP contribution in [0.1, 0.15) is 5.56 Å². The van der Waals surface area contributed by atoms with E-state index in [0.717, 1.165) is 17.0 Å². The predicted molar refractivity (Wildman–Crippen MR) is 56.7 cm³/mol. The summed E-state index contributed by atoms with van der Waals surface area (Å²) in [5.41, 5.74) is 7.46. The molecular weight excluding hydrogens is 162 g/mol. The highest BCUT2D eigenvalue weighted by molar-refractivity contribution is 5.73. The number of rotatable bonds is 3. The minimum Gasteiger partial charge on any atom is -0.362 e. The number of pyridine rings is 1. The molecule has 0 aliphatic carbocycles. The maximum absolute atomic E-state index is 5.53. The minimum atomic E-state index is 0.465. The molecule has 0 saturated carbocycles. The standard InChI is InChI=1S/C10H15N3/c1-8(7-11)9-5-4-6-12-10(9)13(2)3/h4-6H,1,7,11H2,2-3H3. The molecule has 0 fully saturated rings. The normalized spacial score (nSPS) is 9.77. The van der Waals surface area contributed by atoms with Gasteiger partial charge in [-0.2, -0.15) is 0 Å². The summed E-state index contributed by atoms with van der Waals surface area (Å²) in [5.74, 6) is 0.915. The van der Waals surface area contributed by atoms with Crippen LogP contribution in [0, 0.1) is 0 Å². The Morgan fingerprint density at radius 2 is 2.31 bits per heavy atom. The number of hydrogen-bond acceptors (Lipinski definition) is 3.